The first-order valence-electron chi connectivity index (χ1n) is 6.00. The molecule has 2 rings (SSSR count). The number of hydrogen-bond acceptors (Lipinski definition) is 3. The predicted octanol–water partition coefficient (Wildman–Crippen LogP) is 2.62. The van der Waals surface area contributed by atoms with Gasteiger partial charge < -0.3 is 14.7 Å². The molecule has 0 aromatic heterocycles. The Balaban J connectivity index is 2.21. The number of carbonyl (C=O) groups is 1. The smallest absolute Gasteiger partial charge is 0.257 e. The Morgan fingerprint density at radius 1 is 1.58 bits per heavy atom. The monoisotopic (exact) mass is 439 g/mol. The molecule has 1 aromatic rings. The number of nitrogens with zero attached hydrogens (tertiary/aromatic N) is 1. The van der Waals surface area contributed by atoms with Gasteiger partial charge >= 0.3 is 0 Å². The average molecular weight is 440 g/mol. The fourth-order valence-electron chi connectivity index (χ4n) is 2.15. The largest absolute Gasteiger partial charge is 0.507 e. The third-order valence-electron chi connectivity index (χ3n) is 2.97. The number of ether oxygens (including phenoxy) is 1. The summed E-state index contributed by atoms with van der Waals surface area (Å²) in [5.41, 5.74) is 0.356. The molecule has 0 aliphatic carbocycles. The van der Waals surface area contributed by atoms with Crippen LogP contribution in [0.4, 0.5) is 0 Å². The van der Waals surface area contributed by atoms with Crippen molar-refractivity contribution >= 4 is 44.4 Å². The molecule has 0 bridgehead atoms. The highest BCUT2D eigenvalue weighted by Gasteiger charge is 2.29. The molecule has 1 aromatic carbocycles. The maximum Gasteiger partial charge on any atom is 0.257 e. The zero-order valence-corrected chi connectivity index (χ0v) is 14.2. The van der Waals surface area contributed by atoms with Gasteiger partial charge in [0.25, 0.3) is 5.91 Å². The van der Waals surface area contributed by atoms with E-state index in [4.69, 9.17) is 4.74 Å². The lowest BCUT2D eigenvalue weighted by molar-refractivity contribution is -0.0560. The van der Waals surface area contributed by atoms with Gasteiger partial charge in [-0.25, -0.2) is 0 Å². The van der Waals surface area contributed by atoms with E-state index in [9.17, 15) is 9.90 Å². The van der Waals surface area contributed by atoms with Gasteiger partial charge in [-0.15, -0.1) is 0 Å². The third-order valence-corrected chi connectivity index (χ3v) is 4.37. The molecule has 0 spiro atoms. The summed E-state index contributed by atoms with van der Waals surface area (Å²) in [5.74, 6) is -0.114. The summed E-state index contributed by atoms with van der Waals surface area (Å²) in [6.45, 7) is 3.04. The van der Waals surface area contributed by atoms with Gasteiger partial charge in [0, 0.05) is 22.0 Å². The molecule has 0 saturated carbocycles. The van der Waals surface area contributed by atoms with Crippen molar-refractivity contribution in [2.24, 2.45) is 0 Å². The Morgan fingerprint density at radius 3 is 3.00 bits per heavy atom. The number of carbonyl (C=O) groups excluding carboxylic acids is 1. The van der Waals surface area contributed by atoms with Crippen LogP contribution >= 0.6 is 38.5 Å². The van der Waals surface area contributed by atoms with E-state index >= 15 is 0 Å². The fourth-order valence-corrected chi connectivity index (χ4v) is 2.99. The van der Waals surface area contributed by atoms with E-state index in [1.54, 1.807) is 23.1 Å². The lowest BCUT2D eigenvalue weighted by atomic mass is 10.1. The van der Waals surface area contributed by atoms with Crippen molar-refractivity contribution in [1.82, 2.24) is 4.90 Å². The van der Waals surface area contributed by atoms with Crippen molar-refractivity contribution in [1.29, 1.82) is 0 Å². The number of halogens is 2. The van der Waals surface area contributed by atoms with Crippen molar-refractivity contribution in [3.05, 3.63) is 27.3 Å². The molecule has 1 saturated heterocycles. The van der Waals surface area contributed by atoms with Crippen molar-refractivity contribution in [2.45, 2.75) is 19.1 Å². The van der Waals surface area contributed by atoms with Gasteiger partial charge in [-0.3, -0.25) is 4.79 Å². The summed E-state index contributed by atoms with van der Waals surface area (Å²) in [7, 11) is 0. The van der Waals surface area contributed by atoms with Crippen LogP contribution in [0.5, 0.6) is 5.75 Å². The highest BCUT2D eigenvalue weighted by molar-refractivity contribution is 14.1. The molecule has 2 atom stereocenters. The molecule has 1 aliphatic heterocycles. The first-order chi connectivity index (χ1) is 9.01. The standard InChI is InChI=1S/C13H15BrINO3/c1-8-6-16(7-10(5-14)19-8)13(18)11-4-9(15)2-3-12(11)17/h2-4,8,10,17H,5-7H2,1H3. The van der Waals surface area contributed by atoms with Crippen LogP contribution in [-0.4, -0.2) is 46.5 Å². The highest BCUT2D eigenvalue weighted by Crippen LogP contribution is 2.23. The van der Waals surface area contributed by atoms with Crippen LogP contribution in [-0.2, 0) is 4.74 Å². The molecule has 1 heterocycles. The summed E-state index contributed by atoms with van der Waals surface area (Å²) in [5, 5.41) is 10.5. The van der Waals surface area contributed by atoms with Gasteiger partial charge in [-0.2, -0.15) is 0 Å². The number of hydrogen-bond donors (Lipinski definition) is 1. The van der Waals surface area contributed by atoms with Crippen LogP contribution in [0.1, 0.15) is 17.3 Å². The highest BCUT2D eigenvalue weighted by atomic mass is 127. The maximum atomic E-state index is 12.5. The molecule has 4 nitrogen and oxygen atoms in total. The normalized spacial score (nSPS) is 23.4. The average Bonchev–Trinajstić information content (AvgIpc) is 2.40. The van der Waals surface area contributed by atoms with E-state index in [1.807, 2.05) is 6.92 Å². The topological polar surface area (TPSA) is 49.8 Å². The number of rotatable bonds is 2. The number of amides is 1. The molecular formula is C13H15BrINO3. The van der Waals surface area contributed by atoms with Crippen molar-refractivity contribution < 1.29 is 14.6 Å². The molecule has 2 unspecified atom stereocenters. The number of benzene rings is 1. The molecule has 104 valence electrons. The summed E-state index contributed by atoms with van der Waals surface area (Å²) >= 11 is 5.51. The summed E-state index contributed by atoms with van der Waals surface area (Å²) in [6, 6.07) is 5.04. The summed E-state index contributed by atoms with van der Waals surface area (Å²) < 4.78 is 6.63. The lowest BCUT2D eigenvalue weighted by Gasteiger charge is -2.36. The Bertz CT molecular complexity index is 483. The quantitative estimate of drug-likeness (QED) is 0.569. The SMILES string of the molecule is CC1CN(C(=O)c2cc(I)ccc2O)CC(CBr)O1. The Kier molecular flexibility index (Phi) is 5.08. The maximum absolute atomic E-state index is 12.5. The van der Waals surface area contributed by atoms with Gasteiger partial charge in [0.2, 0.25) is 0 Å². The van der Waals surface area contributed by atoms with Gasteiger partial charge in [0.1, 0.15) is 5.75 Å². The molecular weight excluding hydrogens is 425 g/mol. The van der Waals surface area contributed by atoms with E-state index in [-0.39, 0.29) is 23.9 Å². The second-order valence-electron chi connectivity index (χ2n) is 4.59. The van der Waals surface area contributed by atoms with Crippen LogP contribution in [0, 0.1) is 3.57 Å². The number of morpholine rings is 1. The number of phenols is 1. The van der Waals surface area contributed by atoms with Gasteiger partial charge in [-0.1, -0.05) is 15.9 Å². The molecule has 1 amide bonds. The second kappa shape index (κ2) is 6.41. The van der Waals surface area contributed by atoms with Gasteiger partial charge in [0.05, 0.1) is 17.8 Å². The molecule has 1 N–H and O–H groups in total. The van der Waals surface area contributed by atoms with Gasteiger partial charge in [0.15, 0.2) is 0 Å². The van der Waals surface area contributed by atoms with E-state index in [0.29, 0.717) is 24.0 Å². The van der Waals surface area contributed by atoms with E-state index < -0.39 is 0 Å². The van der Waals surface area contributed by atoms with Crippen molar-refractivity contribution in [3.63, 3.8) is 0 Å². The van der Waals surface area contributed by atoms with E-state index in [1.165, 1.54) is 0 Å². The molecule has 1 fully saturated rings. The lowest BCUT2D eigenvalue weighted by Crippen LogP contribution is -2.49. The number of phenolic OH excluding ortho intramolecular Hbond substituents is 1. The zero-order chi connectivity index (χ0) is 14.0. The van der Waals surface area contributed by atoms with Gasteiger partial charge in [-0.05, 0) is 47.7 Å². The van der Waals surface area contributed by atoms with Crippen LogP contribution in [0.25, 0.3) is 0 Å². The van der Waals surface area contributed by atoms with Crippen molar-refractivity contribution in [2.75, 3.05) is 18.4 Å². The number of aromatic hydroxyl groups is 1. The molecule has 6 heteroatoms. The van der Waals surface area contributed by atoms with E-state index in [0.717, 1.165) is 3.57 Å². The minimum atomic E-state index is -0.142. The third kappa shape index (κ3) is 3.61. The number of alkyl halides is 1. The van der Waals surface area contributed by atoms with Crippen molar-refractivity contribution in [3.8, 4) is 5.75 Å². The van der Waals surface area contributed by atoms with Crippen LogP contribution < -0.4 is 0 Å². The first-order valence-corrected chi connectivity index (χ1v) is 8.20. The Morgan fingerprint density at radius 2 is 2.32 bits per heavy atom. The van der Waals surface area contributed by atoms with E-state index in [2.05, 4.69) is 38.5 Å². The summed E-state index contributed by atoms with van der Waals surface area (Å²) in [4.78, 5) is 14.2. The zero-order valence-electron chi connectivity index (χ0n) is 10.5. The summed E-state index contributed by atoms with van der Waals surface area (Å²) in [6.07, 6.45) is 0.00260. The molecule has 0 radical (unpaired) electrons. The van der Waals surface area contributed by atoms with Crippen LogP contribution in [0.2, 0.25) is 0 Å². The second-order valence-corrected chi connectivity index (χ2v) is 6.49. The predicted molar refractivity (Wildman–Crippen MR) is 84.9 cm³/mol. The Labute approximate surface area is 134 Å². The minimum absolute atomic E-state index is 0.00220. The first kappa shape index (κ1) is 15.1. The fraction of sp³-hybridized carbons (Fsp3) is 0.462. The molecule has 19 heavy (non-hydrogen) atoms. The molecule has 1 aliphatic rings. The van der Waals surface area contributed by atoms with Crippen LogP contribution in [0.15, 0.2) is 18.2 Å². The minimum Gasteiger partial charge on any atom is -0.507 e. The van der Waals surface area contributed by atoms with Crippen LogP contribution in [0.3, 0.4) is 0 Å². The Hall–Kier alpha value is -0.340.